The van der Waals surface area contributed by atoms with Gasteiger partial charge in [0.25, 0.3) is 0 Å². The quantitative estimate of drug-likeness (QED) is 0.905. The summed E-state index contributed by atoms with van der Waals surface area (Å²) in [4.78, 5) is 16.9. The molecule has 3 rings (SSSR count). The van der Waals surface area contributed by atoms with Crippen LogP contribution in [0, 0.1) is 13.8 Å². The molecule has 0 saturated carbocycles. The molecular formula is C16H23N5OS. The van der Waals surface area contributed by atoms with Gasteiger partial charge >= 0.3 is 0 Å². The van der Waals surface area contributed by atoms with E-state index in [0.717, 1.165) is 55.1 Å². The predicted octanol–water partition coefficient (Wildman–Crippen LogP) is 2.24. The van der Waals surface area contributed by atoms with Crippen LogP contribution in [0.5, 0.6) is 0 Å². The van der Waals surface area contributed by atoms with Crippen molar-refractivity contribution in [2.75, 3.05) is 31.2 Å². The van der Waals surface area contributed by atoms with E-state index in [0.29, 0.717) is 0 Å². The Morgan fingerprint density at radius 3 is 2.57 bits per heavy atom. The van der Waals surface area contributed by atoms with Gasteiger partial charge in [0.05, 0.1) is 23.9 Å². The van der Waals surface area contributed by atoms with Gasteiger partial charge in [0.1, 0.15) is 0 Å². The highest BCUT2D eigenvalue weighted by molar-refractivity contribution is 7.11. The number of hydrogen-bond acceptors (Lipinski definition) is 7. The van der Waals surface area contributed by atoms with E-state index in [2.05, 4.69) is 39.0 Å². The average molecular weight is 333 g/mol. The van der Waals surface area contributed by atoms with Gasteiger partial charge < -0.3 is 15.0 Å². The Morgan fingerprint density at radius 2 is 1.96 bits per heavy atom. The van der Waals surface area contributed by atoms with Crippen LogP contribution in [0.1, 0.15) is 34.1 Å². The monoisotopic (exact) mass is 333 g/mol. The largest absolute Gasteiger partial charge is 0.378 e. The summed E-state index contributed by atoms with van der Waals surface area (Å²) < 4.78 is 5.35. The minimum Gasteiger partial charge on any atom is -0.378 e. The lowest BCUT2D eigenvalue weighted by Crippen LogP contribution is -2.37. The van der Waals surface area contributed by atoms with Crippen LogP contribution in [0.2, 0.25) is 0 Å². The summed E-state index contributed by atoms with van der Waals surface area (Å²) >= 11 is 1.76. The second kappa shape index (κ2) is 7.33. The first kappa shape index (κ1) is 16.3. The van der Waals surface area contributed by atoms with E-state index < -0.39 is 0 Å². The second-order valence-corrected chi connectivity index (χ2v) is 7.01. The fourth-order valence-electron chi connectivity index (χ4n) is 2.68. The van der Waals surface area contributed by atoms with Gasteiger partial charge in [0.2, 0.25) is 5.95 Å². The van der Waals surface area contributed by atoms with E-state index >= 15 is 0 Å². The highest BCUT2D eigenvalue weighted by Gasteiger charge is 2.14. The number of anilines is 1. The van der Waals surface area contributed by atoms with Gasteiger partial charge in [-0.3, -0.25) is 0 Å². The zero-order valence-electron chi connectivity index (χ0n) is 13.9. The van der Waals surface area contributed by atoms with Crippen LogP contribution >= 0.6 is 11.3 Å². The molecule has 23 heavy (non-hydrogen) atoms. The van der Waals surface area contributed by atoms with Crippen molar-refractivity contribution in [3.8, 4) is 0 Å². The SMILES string of the molecule is Cc1nc(C)c([C@H](C)NCc2cnc(N3CCOCC3)nc2)s1. The second-order valence-electron chi connectivity index (χ2n) is 5.78. The number of hydrogen-bond donors (Lipinski definition) is 1. The average Bonchev–Trinajstić information content (AvgIpc) is 2.92. The predicted molar refractivity (Wildman–Crippen MR) is 91.9 cm³/mol. The minimum absolute atomic E-state index is 0.278. The molecule has 124 valence electrons. The molecule has 3 heterocycles. The first-order valence-corrected chi connectivity index (χ1v) is 8.76. The summed E-state index contributed by atoms with van der Waals surface area (Å²) in [6.07, 6.45) is 3.81. The van der Waals surface area contributed by atoms with Crippen molar-refractivity contribution in [1.82, 2.24) is 20.3 Å². The third-order valence-electron chi connectivity index (χ3n) is 3.93. The summed E-state index contributed by atoms with van der Waals surface area (Å²) in [5.74, 6) is 0.791. The molecule has 0 spiro atoms. The van der Waals surface area contributed by atoms with Crippen molar-refractivity contribution in [2.24, 2.45) is 0 Å². The Morgan fingerprint density at radius 1 is 1.26 bits per heavy atom. The molecule has 2 aromatic heterocycles. The third-order valence-corrected chi connectivity index (χ3v) is 5.19. The van der Waals surface area contributed by atoms with Crippen molar-refractivity contribution in [3.05, 3.63) is 33.5 Å². The molecule has 0 amide bonds. The third kappa shape index (κ3) is 4.04. The number of rotatable bonds is 5. The summed E-state index contributed by atoms with van der Waals surface area (Å²) in [5, 5.41) is 4.64. The number of nitrogens with zero attached hydrogens (tertiary/aromatic N) is 4. The molecule has 1 aliphatic heterocycles. The topological polar surface area (TPSA) is 63.2 Å². The summed E-state index contributed by atoms with van der Waals surface area (Å²) in [6, 6.07) is 0.278. The molecule has 0 bridgehead atoms. The number of morpholine rings is 1. The normalized spacial score (nSPS) is 16.6. The molecule has 0 unspecified atom stereocenters. The molecule has 0 radical (unpaired) electrons. The van der Waals surface area contributed by atoms with E-state index in [-0.39, 0.29) is 6.04 Å². The van der Waals surface area contributed by atoms with Crippen LogP contribution in [0.3, 0.4) is 0 Å². The van der Waals surface area contributed by atoms with Crippen molar-refractivity contribution >= 4 is 17.3 Å². The number of aromatic nitrogens is 3. The van der Waals surface area contributed by atoms with Gasteiger partial charge in [0, 0.05) is 48.5 Å². The van der Waals surface area contributed by atoms with Crippen molar-refractivity contribution in [3.63, 3.8) is 0 Å². The molecule has 0 aliphatic carbocycles. The first-order valence-electron chi connectivity index (χ1n) is 7.94. The molecule has 1 N–H and O–H groups in total. The Labute approximate surface area is 140 Å². The number of nitrogens with one attached hydrogen (secondary N) is 1. The van der Waals surface area contributed by atoms with Gasteiger partial charge in [-0.1, -0.05) is 0 Å². The smallest absolute Gasteiger partial charge is 0.225 e. The Hall–Kier alpha value is -1.57. The lowest BCUT2D eigenvalue weighted by molar-refractivity contribution is 0.122. The van der Waals surface area contributed by atoms with Gasteiger partial charge in [0.15, 0.2) is 0 Å². The minimum atomic E-state index is 0.278. The van der Waals surface area contributed by atoms with Crippen LogP contribution in [-0.2, 0) is 11.3 Å². The molecular weight excluding hydrogens is 310 g/mol. The Kier molecular flexibility index (Phi) is 5.20. The van der Waals surface area contributed by atoms with Gasteiger partial charge in [-0.05, 0) is 20.8 Å². The maximum Gasteiger partial charge on any atom is 0.225 e. The van der Waals surface area contributed by atoms with E-state index in [9.17, 15) is 0 Å². The van der Waals surface area contributed by atoms with Crippen LogP contribution < -0.4 is 10.2 Å². The zero-order valence-corrected chi connectivity index (χ0v) is 14.7. The van der Waals surface area contributed by atoms with Crippen molar-refractivity contribution in [2.45, 2.75) is 33.4 Å². The van der Waals surface area contributed by atoms with Crippen LogP contribution in [0.25, 0.3) is 0 Å². The molecule has 1 fully saturated rings. The fraction of sp³-hybridized carbons (Fsp3) is 0.562. The number of ether oxygens (including phenoxy) is 1. The lowest BCUT2D eigenvalue weighted by atomic mass is 10.2. The summed E-state index contributed by atoms with van der Waals surface area (Å²) in [6.45, 7) is 10.3. The summed E-state index contributed by atoms with van der Waals surface area (Å²) in [5.41, 5.74) is 2.21. The highest BCUT2D eigenvalue weighted by atomic mass is 32.1. The number of thiazole rings is 1. The lowest BCUT2D eigenvalue weighted by Gasteiger charge is -2.26. The maximum absolute atomic E-state index is 5.35. The van der Waals surface area contributed by atoms with E-state index in [1.165, 1.54) is 4.88 Å². The van der Waals surface area contributed by atoms with Gasteiger partial charge in [-0.25, -0.2) is 15.0 Å². The van der Waals surface area contributed by atoms with E-state index in [4.69, 9.17) is 4.74 Å². The molecule has 6 nitrogen and oxygen atoms in total. The standard InChI is InChI=1S/C16H23N5OS/c1-11(15-12(2)20-13(3)23-15)17-8-14-9-18-16(19-10-14)21-4-6-22-7-5-21/h9-11,17H,4-8H2,1-3H3/t11-/m0/s1. The maximum atomic E-state index is 5.35. The number of aryl methyl sites for hydroxylation is 2. The molecule has 1 saturated heterocycles. The zero-order chi connectivity index (χ0) is 16.2. The molecule has 1 atom stereocenters. The van der Waals surface area contributed by atoms with Crippen molar-refractivity contribution < 1.29 is 4.74 Å². The molecule has 2 aromatic rings. The first-order chi connectivity index (χ1) is 11.1. The van der Waals surface area contributed by atoms with E-state index in [1.807, 2.05) is 19.3 Å². The molecule has 1 aliphatic rings. The van der Waals surface area contributed by atoms with Crippen LogP contribution in [-0.4, -0.2) is 41.3 Å². The van der Waals surface area contributed by atoms with Crippen LogP contribution in [0.4, 0.5) is 5.95 Å². The van der Waals surface area contributed by atoms with Gasteiger partial charge in [-0.15, -0.1) is 11.3 Å². The van der Waals surface area contributed by atoms with Gasteiger partial charge in [-0.2, -0.15) is 0 Å². The Balaban J connectivity index is 1.57. The highest BCUT2D eigenvalue weighted by Crippen LogP contribution is 2.24. The molecule has 7 heteroatoms. The molecule has 0 aromatic carbocycles. The van der Waals surface area contributed by atoms with Crippen molar-refractivity contribution in [1.29, 1.82) is 0 Å². The Bertz CT molecular complexity index is 636. The van der Waals surface area contributed by atoms with E-state index in [1.54, 1.807) is 11.3 Å². The summed E-state index contributed by atoms with van der Waals surface area (Å²) in [7, 11) is 0. The van der Waals surface area contributed by atoms with Crippen LogP contribution in [0.15, 0.2) is 12.4 Å². The fourth-order valence-corrected chi connectivity index (χ4v) is 3.63.